The largest absolute Gasteiger partial charge is 0.388 e. The first-order valence-corrected chi connectivity index (χ1v) is 9.08. The van der Waals surface area contributed by atoms with Crippen LogP contribution in [0.5, 0.6) is 0 Å². The highest BCUT2D eigenvalue weighted by atomic mass is 19.1. The van der Waals surface area contributed by atoms with Crippen molar-refractivity contribution in [3.8, 4) is 0 Å². The lowest BCUT2D eigenvalue weighted by atomic mass is 9.96. The van der Waals surface area contributed by atoms with Crippen LogP contribution in [0.4, 0.5) is 4.39 Å². The van der Waals surface area contributed by atoms with Crippen LogP contribution in [0.2, 0.25) is 0 Å². The van der Waals surface area contributed by atoms with Crippen LogP contribution in [0.15, 0.2) is 29.1 Å². The highest BCUT2D eigenvalue weighted by molar-refractivity contribution is 5.78. The molecule has 1 aromatic carbocycles. The molecule has 8 heteroatoms. The second kappa shape index (κ2) is 7.21. The van der Waals surface area contributed by atoms with E-state index in [4.69, 9.17) is 0 Å². The van der Waals surface area contributed by atoms with Crippen LogP contribution in [-0.4, -0.2) is 42.8 Å². The summed E-state index contributed by atoms with van der Waals surface area (Å²) in [6.45, 7) is 2.16. The molecule has 1 fully saturated rings. The average Bonchev–Trinajstić information content (AvgIpc) is 3.04. The Hall–Kier alpha value is -2.58. The predicted octanol–water partition coefficient (Wildman–Crippen LogP) is 1.67. The number of rotatable bonds is 4. The average molecular weight is 371 g/mol. The van der Waals surface area contributed by atoms with E-state index in [-0.39, 0.29) is 17.6 Å². The number of hydrogen-bond acceptors (Lipinski definition) is 5. The van der Waals surface area contributed by atoms with E-state index in [1.165, 1.54) is 6.07 Å². The molecule has 1 aliphatic heterocycles. The van der Waals surface area contributed by atoms with Crippen LogP contribution >= 0.6 is 0 Å². The number of aromatic amines is 1. The molecule has 2 aromatic heterocycles. The summed E-state index contributed by atoms with van der Waals surface area (Å²) in [5.41, 5.74) is 0.825. The summed E-state index contributed by atoms with van der Waals surface area (Å²) in [6, 6.07) is 6.10. The molecule has 0 amide bonds. The fourth-order valence-corrected chi connectivity index (χ4v) is 3.83. The molecule has 3 aromatic rings. The molecule has 0 spiro atoms. The van der Waals surface area contributed by atoms with Gasteiger partial charge in [0.1, 0.15) is 18.2 Å². The maximum absolute atomic E-state index is 14.0. The summed E-state index contributed by atoms with van der Waals surface area (Å²) < 4.78 is 15.9. The van der Waals surface area contributed by atoms with Crippen LogP contribution in [-0.2, 0) is 20.2 Å². The van der Waals surface area contributed by atoms with E-state index >= 15 is 0 Å². The van der Waals surface area contributed by atoms with E-state index in [2.05, 4.69) is 20.1 Å². The van der Waals surface area contributed by atoms with Gasteiger partial charge in [-0.1, -0.05) is 6.07 Å². The Morgan fingerprint density at radius 3 is 2.78 bits per heavy atom. The molecule has 1 saturated heterocycles. The van der Waals surface area contributed by atoms with Crippen molar-refractivity contribution in [3.05, 3.63) is 57.6 Å². The van der Waals surface area contributed by atoms with E-state index in [1.54, 1.807) is 18.2 Å². The number of H-pyrrole nitrogens is 1. The number of piperidine rings is 1. The third-order valence-electron chi connectivity index (χ3n) is 5.36. The normalized spacial score (nSPS) is 16.3. The van der Waals surface area contributed by atoms with Gasteiger partial charge in [-0.15, -0.1) is 10.2 Å². The monoisotopic (exact) mass is 371 g/mol. The molecule has 2 N–H and O–H groups in total. The first kappa shape index (κ1) is 17.8. The van der Waals surface area contributed by atoms with Crippen LogP contribution in [0, 0.1) is 5.82 Å². The number of halogens is 1. The van der Waals surface area contributed by atoms with E-state index in [9.17, 15) is 14.3 Å². The van der Waals surface area contributed by atoms with Crippen molar-refractivity contribution < 1.29 is 9.50 Å². The predicted molar refractivity (Wildman–Crippen MR) is 98.7 cm³/mol. The van der Waals surface area contributed by atoms with E-state index in [1.807, 2.05) is 11.6 Å². The second-order valence-corrected chi connectivity index (χ2v) is 7.06. The molecule has 0 unspecified atom stereocenters. The number of fused-ring (bicyclic) bond motifs is 1. The van der Waals surface area contributed by atoms with Gasteiger partial charge >= 0.3 is 0 Å². The third-order valence-corrected chi connectivity index (χ3v) is 5.36. The molecule has 0 aliphatic carbocycles. The number of nitrogens with zero attached hydrogens (tertiary/aromatic N) is 4. The van der Waals surface area contributed by atoms with Crippen molar-refractivity contribution in [1.29, 1.82) is 0 Å². The molecule has 0 saturated carbocycles. The number of pyridine rings is 1. The van der Waals surface area contributed by atoms with E-state index < -0.39 is 5.82 Å². The molecule has 0 bridgehead atoms. The highest BCUT2D eigenvalue weighted by Gasteiger charge is 2.25. The van der Waals surface area contributed by atoms with Gasteiger partial charge in [-0.3, -0.25) is 9.69 Å². The van der Waals surface area contributed by atoms with Gasteiger partial charge in [0.25, 0.3) is 0 Å². The molecule has 0 atom stereocenters. The fourth-order valence-electron chi connectivity index (χ4n) is 3.83. The Bertz CT molecular complexity index is 1020. The second-order valence-electron chi connectivity index (χ2n) is 7.06. The van der Waals surface area contributed by atoms with Crippen molar-refractivity contribution >= 4 is 10.9 Å². The molecule has 1 aliphatic rings. The summed E-state index contributed by atoms with van der Waals surface area (Å²) in [5, 5.41) is 17.9. The maximum atomic E-state index is 14.0. The number of para-hydroxylation sites is 1. The minimum atomic E-state index is -0.410. The molecular weight excluding hydrogens is 349 g/mol. The first-order chi connectivity index (χ1) is 13.1. The van der Waals surface area contributed by atoms with Gasteiger partial charge < -0.3 is 14.7 Å². The van der Waals surface area contributed by atoms with Crippen molar-refractivity contribution in [3.63, 3.8) is 0 Å². The lowest BCUT2D eigenvalue weighted by Gasteiger charge is -2.31. The molecule has 7 nitrogen and oxygen atoms in total. The van der Waals surface area contributed by atoms with E-state index in [0.717, 1.165) is 37.4 Å². The third kappa shape index (κ3) is 3.38. The molecule has 27 heavy (non-hydrogen) atoms. The van der Waals surface area contributed by atoms with Gasteiger partial charge in [-0.25, -0.2) is 4.39 Å². The minimum absolute atomic E-state index is 0.117. The lowest BCUT2D eigenvalue weighted by Crippen LogP contribution is -2.33. The first-order valence-electron chi connectivity index (χ1n) is 9.08. The van der Waals surface area contributed by atoms with Gasteiger partial charge in [0, 0.05) is 36.7 Å². The Morgan fingerprint density at radius 2 is 2.07 bits per heavy atom. The summed E-state index contributed by atoms with van der Waals surface area (Å²) in [5.74, 6) is 1.36. The summed E-state index contributed by atoms with van der Waals surface area (Å²) in [7, 11) is 1.88. The Morgan fingerprint density at radius 1 is 1.30 bits per heavy atom. The van der Waals surface area contributed by atoms with Crippen LogP contribution in [0.3, 0.4) is 0 Å². The highest BCUT2D eigenvalue weighted by Crippen LogP contribution is 2.27. The zero-order chi connectivity index (χ0) is 19.0. The van der Waals surface area contributed by atoms with Crippen molar-refractivity contribution in [2.45, 2.75) is 31.9 Å². The Balaban J connectivity index is 1.46. The molecule has 3 heterocycles. The van der Waals surface area contributed by atoms with Crippen molar-refractivity contribution in [2.75, 3.05) is 13.1 Å². The number of nitrogens with one attached hydrogen (secondary N) is 1. The minimum Gasteiger partial charge on any atom is -0.388 e. The Kier molecular flexibility index (Phi) is 4.75. The lowest BCUT2D eigenvalue weighted by molar-refractivity contribution is 0.198. The van der Waals surface area contributed by atoms with Gasteiger partial charge in [0.2, 0.25) is 0 Å². The number of likely N-dealkylation sites (tertiary alicyclic amines) is 1. The van der Waals surface area contributed by atoms with Gasteiger partial charge in [-0.05, 0) is 38.1 Å². The quantitative estimate of drug-likeness (QED) is 0.729. The SMILES string of the molecule is Cn1c(CO)nnc1C1CCN(Cc2cc(=O)c3cccc(F)c3[nH]2)CC1. The summed E-state index contributed by atoms with van der Waals surface area (Å²) in [4.78, 5) is 17.6. The number of benzene rings is 1. The maximum Gasteiger partial charge on any atom is 0.189 e. The smallest absolute Gasteiger partial charge is 0.189 e. The molecule has 142 valence electrons. The zero-order valence-corrected chi connectivity index (χ0v) is 15.2. The number of aliphatic hydroxyl groups excluding tert-OH is 1. The Labute approximate surface area is 155 Å². The van der Waals surface area contributed by atoms with Crippen LogP contribution in [0.25, 0.3) is 10.9 Å². The van der Waals surface area contributed by atoms with Crippen molar-refractivity contribution in [2.24, 2.45) is 7.05 Å². The topological polar surface area (TPSA) is 87.0 Å². The summed E-state index contributed by atoms with van der Waals surface area (Å²) >= 11 is 0. The van der Waals surface area contributed by atoms with Gasteiger partial charge in [0.05, 0.1) is 5.52 Å². The summed E-state index contributed by atoms with van der Waals surface area (Å²) in [6.07, 6.45) is 1.84. The van der Waals surface area contributed by atoms with Gasteiger partial charge in [0.15, 0.2) is 11.3 Å². The number of aliphatic hydroxyl groups is 1. The number of aromatic nitrogens is 4. The van der Waals surface area contributed by atoms with Crippen LogP contribution in [0.1, 0.15) is 36.1 Å². The van der Waals surface area contributed by atoms with Crippen LogP contribution < -0.4 is 5.43 Å². The zero-order valence-electron chi connectivity index (χ0n) is 15.2. The van der Waals surface area contributed by atoms with Crippen molar-refractivity contribution in [1.82, 2.24) is 24.6 Å². The molecular formula is C19H22FN5O2. The standard InChI is InChI=1S/C19H22FN5O2/c1-24-17(11-26)22-23-19(24)12-5-7-25(8-6-12)10-13-9-16(27)14-3-2-4-15(20)18(14)21-13/h2-4,9,12,26H,5-8,10-11H2,1H3,(H,21,27). The van der Waals surface area contributed by atoms with E-state index in [0.29, 0.717) is 23.7 Å². The van der Waals surface area contributed by atoms with Gasteiger partial charge in [-0.2, -0.15) is 0 Å². The number of hydrogen-bond donors (Lipinski definition) is 2. The fraction of sp³-hybridized carbons (Fsp3) is 0.421. The molecule has 4 rings (SSSR count). The molecule has 0 radical (unpaired) electrons.